The summed E-state index contributed by atoms with van der Waals surface area (Å²) in [5.41, 5.74) is 0.507. The van der Waals surface area contributed by atoms with Gasteiger partial charge in [-0.25, -0.2) is 0 Å². The molecule has 1 aromatic heterocycles. The molecular weight excluding hydrogens is 173 g/mol. The summed E-state index contributed by atoms with van der Waals surface area (Å²) in [6.45, 7) is 1.55. The molecule has 0 aliphatic rings. The standard InChI is InChI=1S/C6H5F3N2O/c1-4-2-10-11(3-4)5(12)6(7,8)9/h2-3H,1H3. The predicted molar refractivity (Wildman–Crippen MR) is 33.6 cm³/mol. The number of halogens is 3. The van der Waals surface area contributed by atoms with Crippen molar-refractivity contribution in [3.05, 3.63) is 18.0 Å². The summed E-state index contributed by atoms with van der Waals surface area (Å²) >= 11 is 0. The molecule has 0 aliphatic carbocycles. The van der Waals surface area contributed by atoms with Crippen molar-refractivity contribution in [3.8, 4) is 0 Å². The van der Waals surface area contributed by atoms with Gasteiger partial charge in [-0.3, -0.25) is 4.79 Å². The second-order valence-electron chi connectivity index (χ2n) is 2.27. The fourth-order valence-corrected chi connectivity index (χ4v) is 0.654. The number of aryl methyl sites for hydroxylation is 1. The van der Waals surface area contributed by atoms with E-state index in [1.54, 1.807) is 6.92 Å². The van der Waals surface area contributed by atoms with Gasteiger partial charge in [0.2, 0.25) is 0 Å². The Hall–Kier alpha value is -1.33. The molecule has 3 nitrogen and oxygen atoms in total. The maximum Gasteiger partial charge on any atom is 0.473 e. The number of hydrogen-bond donors (Lipinski definition) is 0. The fourth-order valence-electron chi connectivity index (χ4n) is 0.654. The molecule has 12 heavy (non-hydrogen) atoms. The number of hydrogen-bond acceptors (Lipinski definition) is 2. The van der Waals surface area contributed by atoms with E-state index in [0.717, 1.165) is 6.20 Å². The van der Waals surface area contributed by atoms with Crippen LogP contribution in [0.2, 0.25) is 0 Å². The molecule has 1 rings (SSSR count). The Balaban J connectivity index is 2.93. The van der Waals surface area contributed by atoms with Crippen LogP contribution in [0.3, 0.4) is 0 Å². The normalized spacial score (nSPS) is 11.7. The highest BCUT2D eigenvalue weighted by Gasteiger charge is 2.40. The molecule has 66 valence electrons. The van der Waals surface area contributed by atoms with E-state index in [1.807, 2.05) is 0 Å². The highest BCUT2D eigenvalue weighted by Crippen LogP contribution is 2.17. The third kappa shape index (κ3) is 1.63. The lowest BCUT2D eigenvalue weighted by molar-refractivity contribution is -0.0955. The van der Waals surface area contributed by atoms with E-state index in [9.17, 15) is 18.0 Å². The maximum absolute atomic E-state index is 11.7. The molecular formula is C6H5F3N2O. The second-order valence-corrected chi connectivity index (χ2v) is 2.27. The first kappa shape index (κ1) is 8.76. The van der Waals surface area contributed by atoms with E-state index >= 15 is 0 Å². The van der Waals surface area contributed by atoms with E-state index < -0.39 is 12.1 Å². The Labute approximate surface area is 65.8 Å². The molecule has 1 heterocycles. The van der Waals surface area contributed by atoms with Gasteiger partial charge in [-0.15, -0.1) is 0 Å². The van der Waals surface area contributed by atoms with Crippen molar-refractivity contribution < 1.29 is 18.0 Å². The lowest BCUT2D eigenvalue weighted by Crippen LogP contribution is -2.29. The fraction of sp³-hybridized carbons (Fsp3) is 0.333. The molecule has 0 amide bonds. The zero-order chi connectivity index (χ0) is 9.35. The molecule has 0 atom stereocenters. The Morgan fingerprint density at radius 1 is 1.58 bits per heavy atom. The molecule has 0 saturated carbocycles. The van der Waals surface area contributed by atoms with Crippen LogP contribution in [-0.4, -0.2) is 21.9 Å². The van der Waals surface area contributed by atoms with E-state index in [4.69, 9.17) is 0 Å². The topological polar surface area (TPSA) is 34.9 Å². The van der Waals surface area contributed by atoms with Crippen molar-refractivity contribution in [1.82, 2.24) is 9.78 Å². The third-order valence-corrected chi connectivity index (χ3v) is 1.16. The number of aromatic nitrogens is 2. The summed E-state index contributed by atoms with van der Waals surface area (Å²) in [7, 11) is 0. The molecule has 0 radical (unpaired) electrons. The molecule has 1 aromatic rings. The summed E-state index contributed by atoms with van der Waals surface area (Å²) in [6, 6.07) is 0. The maximum atomic E-state index is 11.7. The molecule has 0 spiro atoms. The van der Waals surface area contributed by atoms with Gasteiger partial charge >= 0.3 is 12.1 Å². The first-order chi connectivity index (χ1) is 5.41. The quantitative estimate of drug-likeness (QED) is 0.601. The third-order valence-electron chi connectivity index (χ3n) is 1.16. The van der Waals surface area contributed by atoms with E-state index in [2.05, 4.69) is 5.10 Å². The van der Waals surface area contributed by atoms with Crippen LogP contribution >= 0.6 is 0 Å². The van der Waals surface area contributed by atoms with Crippen LogP contribution in [0.15, 0.2) is 12.4 Å². The SMILES string of the molecule is Cc1cnn(C(=O)C(F)(F)F)c1. The Bertz CT molecular complexity index is 302. The summed E-state index contributed by atoms with van der Waals surface area (Å²) in [5, 5.41) is 3.23. The average Bonchev–Trinajstić information content (AvgIpc) is 2.32. The van der Waals surface area contributed by atoms with Crippen LogP contribution in [0.1, 0.15) is 10.4 Å². The van der Waals surface area contributed by atoms with Gasteiger partial charge < -0.3 is 0 Å². The lowest BCUT2D eigenvalue weighted by atomic mass is 10.4. The summed E-state index contributed by atoms with van der Waals surface area (Å²) < 4.78 is 35.5. The van der Waals surface area contributed by atoms with Crippen LogP contribution in [0.5, 0.6) is 0 Å². The molecule has 6 heteroatoms. The van der Waals surface area contributed by atoms with E-state index in [0.29, 0.717) is 5.56 Å². The number of carbonyl (C=O) groups excluding carboxylic acids is 1. The van der Waals surface area contributed by atoms with Gasteiger partial charge in [0.25, 0.3) is 0 Å². The first-order valence-corrected chi connectivity index (χ1v) is 3.04. The Morgan fingerprint density at radius 3 is 2.50 bits per heavy atom. The predicted octanol–water partition coefficient (Wildman–Crippen LogP) is 1.39. The van der Waals surface area contributed by atoms with Crippen molar-refractivity contribution in [1.29, 1.82) is 0 Å². The first-order valence-electron chi connectivity index (χ1n) is 3.04. The van der Waals surface area contributed by atoms with Crippen molar-refractivity contribution in [2.24, 2.45) is 0 Å². The van der Waals surface area contributed by atoms with Gasteiger partial charge in [-0.2, -0.15) is 23.0 Å². The highest BCUT2D eigenvalue weighted by atomic mass is 19.4. The smallest absolute Gasteiger partial charge is 0.262 e. The molecule has 0 saturated heterocycles. The molecule has 0 unspecified atom stereocenters. The van der Waals surface area contributed by atoms with Crippen LogP contribution in [0, 0.1) is 6.92 Å². The highest BCUT2D eigenvalue weighted by molar-refractivity contribution is 5.83. The molecule has 0 aromatic carbocycles. The van der Waals surface area contributed by atoms with Gasteiger partial charge in [-0.05, 0) is 12.5 Å². The molecule has 0 N–H and O–H groups in total. The Kier molecular flexibility index (Phi) is 1.91. The summed E-state index contributed by atoms with van der Waals surface area (Å²) in [5.74, 6) is -1.98. The van der Waals surface area contributed by atoms with Crippen LogP contribution in [0.25, 0.3) is 0 Å². The summed E-state index contributed by atoms with van der Waals surface area (Å²) in [6.07, 6.45) is -2.65. The molecule has 0 aliphatic heterocycles. The second kappa shape index (κ2) is 2.62. The van der Waals surface area contributed by atoms with E-state index in [1.165, 1.54) is 6.20 Å². The minimum atomic E-state index is -4.86. The van der Waals surface area contributed by atoms with E-state index in [-0.39, 0.29) is 4.68 Å². The van der Waals surface area contributed by atoms with Gasteiger partial charge in [0.05, 0.1) is 6.20 Å². The number of alkyl halides is 3. The molecule has 0 fully saturated rings. The van der Waals surface area contributed by atoms with Crippen molar-refractivity contribution in [3.63, 3.8) is 0 Å². The molecule has 0 bridgehead atoms. The summed E-state index contributed by atoms with van der Waals surface area (Å²) in [4.78, 5) is 10.5. The minimum Gasteiger partial charge on any atom is -0.262 e. The van der Waals surface area contributed by atoms with Crippen molar-refractivity contribution >= 4 is 5.91 Å². The minimum absolute atomic E-state index is 0.273. The van der Waals surface area contributed by atoms with Gasteiger partial charge in [0.15, 0.2) is 0 Å². The van der Waals surface area contributed by atoms with Gasteiger partial charge in [0, 0.05) is 6.20 Å². The number of nitrogens with zero attached hydrogens (tertiary/aromatic N) is 2. The zero-order valence-electron chi connectivity index (χ0n) is 6.09. The largest absolute Gasteiger partial charge is 0.473 e. The zero-order valence-corrected chi connectivity index (χ0v) is 6.09. The van der Waals surface area contributed by atoms with Gasteiger partial charge in [0.1, 0.15) is 0 Å². The van der Waals surface area contributed by atoms with Crippen molar-refractivity contribution in [2.75, 3.05) is 0 Å². The number of carbonyl (C=O) groups is 1. The Morgan fingerprint density at radius 2 is 2.17 bits per heavy atom. The lowest BCUT2D eigenvalue weighted by Gasteiger charge is -2.02. The van der Waals surface area contributed by atoms with Crippen LogP contribution in [0.4, 0.5) is 13.2 Å². The average molecular weight is 178 g/mol. The monoisotopic (exact) mass is 178 g/mol. The number of rotatable bonds is 0. The van der Waals surface area contributed by atoms with Crippen LogP contribution < -0.4 is 0 Å². The van der Waals surface area contributed by atoms with Crippen LogP contribution in [-0.2, 0) is 0 Å². The van der Waals surface area contributed by atoms with Crippen molar-refractivity contribution in [2.45, 2.75) is 13.1 Å². The van der Waals surface area contributed by atoms with Gasteiger partial charge in [-0.1, -0.05) is 0 Å².